The van der Waals surface area contributed by atoms with Crippen LogP contribution in [0, 0.1) is 13.8 Å². The first-order chi connectivity index (χ1) is 11.4. The van der Waals surface area contributed by atoms with Gasteiger partial charge in [0.2, 0.25) is 10.0 Å². The van der Waals surface area contributed by atoms with Crippen molar-refractivity contribution in [2.45, 2.75) is 38.0 Å². The lowest BCUT2D eigenvalue weighted by Gasteiger charge is -2.07. The molecule has 25 heavy (non-hydrogen) atoms. The molecule has 0 aliphatic carbocycles. The van der Waals surface area contributed by atoms with E-state index in [4.69, 9.17) is 0 Å². The molecule has 0 radical (unpaired) electrons. The molecule has 0 saturated carbocycles. The fraction of sp³-hybridized carbons (Fsp3) is 0.500. The summed E-state index contributed by atoms with van der Waals surface area (Å²) in [5.74, 6) is 0. The number of rotatable bonds is 6. The predicted octanol–water partition coefficient (Wildman–Crippen LogP) is 2.09. The number of aryl methyl sites for hydroxylation is 2. The van der Waals surface area contributed by atoms with E-state index in [0.29, 0.717) is 6.20 Å². The van der Waals surface area contributed by atoms with Crippen LogP contribution in [0.25, 0.3) is 0 Å². The number of nitrogens with one attached hydrogen (secondary N) is 1. The molecule has 0 aliphatic rings. The summed E-state index contributed by atoms with van der Waals surface area (Å²) >= 11 is 0. The van der Waals surface area contributed by atoms with Crippen molar-refractivity contribution in [3.8, 4) is 0 Å². The number of halogens is 5. The molecular formula is C12H14F5N5O2S. The van der Waals surface area contributed by atoms with Crippen molar-refractivity contribution in [2.24, 2.45) is 0 Å². The Balaban J connectivity index is 2.07. The van der Waals surface area contributed by atoms with Gasteiger partial charge in [-0.05, 0) is 19.9 Å². The molecular weight excluding hydrogens is 373 g/mol. The summed E-state index contributed by atoms with van der Waals surface area (Å²) in [6, 6.07) is 0.839. The van der Waals surface area contributed by atoms with Gasteiger partial charge in [0.15, 0.2) is 5.69 Å². The van der Waals surface area contributed by atoms with Crippen LogP contribution in [0.5, 0.6) is 0 Å². The lowest BCUT2D eigenvalue weighted by Crippen LogP contribution is -2.28. The summed E-state index contributed by atoms with van der Waals surface area (Å²) in [5, 5.41) is 6.75. The third-order valence-corrected chi connectivity index (χ3v) is 4.81. The van der Waals surface area contributed by atoms with Crippen LogP contribution in [0.4, 0.5) is 22.0 Å². The molecule has 13 heteroatoms. The summed E-state index contributed by atoms with van der Waals surface area (Å²) in [6.07, 6.45) is -3.92. The van der Waals surface area contributed by atoms with Crippen LogP contribution in [-0.4, -0.2) is 34.5 Å². The van der Waals surface area contributed by atoms with Crippen molar-refractivity contribution in [1.82, 2.24) is 24.3 Å². The normalized spacial score (nSPS) is 13.0. The number of alkyl halides is 5. The van der Waals surface area contributed by atoms with Gasteiger partial charge in [-0.2, -0.15) is 32.1 Å². The Morgan fingerprint density at radius 1 is 1.24 bits per heavy atom. The molecule has 0 amide bonds. The molecule has 0 aromatic carbocycles. The Bertz CT molecular complexity index is 856. The number of sulfonamides is 1. The van der Waals surface area contributed by atoms with E-state index in [1.807, 2.05) is 0 Å². The van der Waals surface area contributed by atoms with E-state index >= 15 is 0 Å². The van der Waals surface area contributed by atoms with E-state index in [-0.39, 0.29) is 29.2 Å². The number of hydrogen-bond acceptors (Lipinski definition) is 4. The maximum atomic E-state index is 12.6. The average molecular weight is 387 g/mol. The summed E-state index contributed by atoms with van der Waals surface area (Å²) < 4.78 is 90.3. The monoisotopic (exact) mass is 387 g/mol. The van der Waals surface area contributed by atoms with Gasteiger partial charge in [-0.15, -0.1) is 0 Å². The molecule has 2 aromatic rings. The largest absolute Gasteiger partial charge is 0.435 e. The molecule has 0 atom stereocenters. The first kappa shape index (κ1) is 19.3. The van der Waals surface area contributed by atoms with E-state index in [0.717, 1.165) is 10.7 Å². The molecule has 1 N–H and O–H groups in total. The fourth-order valence-electron chi connectivity index (χ4n) is 2.07. The zero-order chi connectivity index (χ0) is 19.0. The van der Waals surface area contributed by atoms with Gasteiger partial charge >= 0.3 is 12.7 Å². The Kier molecular flexibility index (Phi) is 5.18. The lowest BCUT2D eigenvalue weighted by molar-refractivity contribution is -0.141. The standard InChI is InChI=1S/C12H14F5N5O2S/c1-7-5-10(12(15,16)17)20-21(7)4-3-18-25(23,24)9-6-22(11(13)14)19-8(9)2/h5-6,11,18H,3-4H2,1-2H3. The van der Waals surface area contributed by atoms with Gasteiger partial charge in [0.05, 0.1) is 18.4 Å². The smallest absolute Gasteiger partial charge is 0.268 e. The zero-order valence-corrected chi connectivity index (χ0v) is 13.9. The fourth-order valence-corrected chi connectivity index (χ4v) is 3.26. The van der Waals surface area contributed by atoms with Crippen LogP contribution in [0.3, 0.4) is 0 Å². The van der Waals surface area contributed by atoms with Crippen LogP contribution < -0.4 is 4.72 Å². The Labute approximate surface area is 139 Å². The first-order valence-electron chi connectivity index (χ1n) is 6.87. The van der Waals surface area contributed by atoms with Crippen molar-refractivity contribution < 1.29 is 30.4 Å². The Morgan fingerprint density at radius 2 is 1.88 bits per heavy atom. The molecule has 0 fully saturated rings. The van der Waals surface area contributed by atoms with Gasteiger partial charge in [-0.25, -0.2) is 17.8 Å². The van der Waals surface area contributed by atoms with Crippen LogP contribution >= 0.6 is 0 Å². The molecule has 0 saturated heterocycles. The van der Waals surface area contributed by atoms with Crippen LogP contribution in [0.1, 0.15) is 23.6 Å². The van der Waals surface area contributed by atoms with Gasteiger partial charge < -0.3 is 0 Å². The first-order valence-corrected chi connectivity index (χ1v) is 8.35. The predicted molar refractivity (Wildman–Crippen MR) is 75.4 cm³/mol. The molecule has 140 valence electrons. The van der Waals surface area contributed by atoms with Gasteiger partial charge in [-0.3, -0.25) is 4.68 Å². The second-order valence-electron chi connectivity index (χ2n) is 5.13. The Morgan fingerprint density at radius 3 is 2.36 bits per heavy atom. The van der Waals surface area contributed by atoms with Crippen LogP contribution in [0.15, 0.2) is 17.2 Å². The highest BCUT2D eigenvalue weighted by Crippen LogP contribution is 2.28. The quantitative estimate of drug-likeness (QED) is 0.770. The molecule has 0 aliphatic heterocycles. The third kappa shape index (κ3) is 4.34. The summed E-state index contributed by atoms with van der Waals surface area (Å²) in [4.78, 5) is -0.430. The van der Waals surface area contributed by atoms with Gasteiger partial charge in [0.25, 0.3) is 0 Å². The van der Waals surface area contributed by atoms with Gasteiger partial charge in [-0.1, -0.05) is 0 Å². The lowest BCUT2D eigenvalue weighted by atomic mass is 10.4. The van der Waals surface area contributed by atoms with Gasteiger partial charge in [0, 0.05) is 12.2 Å². The maximum Gasteiger partial charge on any atom is 0.435 e. The second-order valence-corrected chi connectivity index (χ2v) is 6.86. The van der Waals surface area contributed by atoms with Crippen molar-refractivity contribution in [2.75, 3.05) is 6.54 Å². The minimum absolute atomic E-state index is 0.123. The number of nitrogens with zero attached hydrogens (tertiary/aromatic N) is 4. The Hall–Kier alpha value is -2.02. The molecule has 0 spiro atoms. The van der Waals surface area contributed by atoms with E-state index in [2.05, 4.69) is 14.9 Å². The number of aromatic nitrogens is 4. The van der Waals surface area contributed by atoms with E-state index in [1.54, 1.807) is 0 Å². The highest BCUT2D eigenvalue weighted by Gasteiger charge is 2.34. The highest BCUT2D eigenvalue weighted by molar-refractivity contribution is 7.89. The minimum atomic E-state index is -4.60. The topological polar surface area (TPSA) is 81.8 Å². The molecule has 2 rings (SSSR count). The molecule has 0 unspecified atom stereocenters. The summed E-state index contributed by atoms with van der Waals surface area (Å²) in [6.45, 7) is -0.783. The highest BCUT2D eigenvalue weighted by atomic mass is 32.2. The van der Waals surface area contributed by atoms with Gasteiger partial charge in [0.1, 0.15) is 4.90 Å². The minimum Gasteiger partial charge on any atom is -0.268 e. The van der Waals surface area contributed by atoms with E-state index in [9.17, 15) is 30.4 Å². The van der Waals surface area contributed by atoms with Crippen molar-refractivity contribution in [3.05, 3.63) is 29.3 Å². The van der Waals surface area contributed by atoms with Crippen LogP contribution in [-0.2, 0) is 22.7 Å². The molecule has 7 nitrogen and oxygen atoms in total. The SMILES string of the molecule is Cc1nn(C(F)F)cc1S(=O)(=O)NCCn1nc(C(F)(F)F)cc1C. The molecule has 2 heterocycles. The average Bonchev–Trinajstić information content (AvgIpc) is 3.03. The maximum absolute atomic E-state index is 12.6. The van der Waals surface area contributed by atoms with E-state index < -0.39 is 33.3 Å². The van der Waals surface area contributed by atoms with Crippen molar-refractivity contribution in [1.29, 1.82) is 0 Å². The van der Waals surface area contributed by atoms with E-state index in [1.165, 1.54) is 13.8 Å². The van der Waals surface area contributed by atoms with Crippen LogP contribution in [0.2, 0.25) is 0 Å². The summed E-state index contributed by atoms with van der Waals surface area (Å²) in [5.41, 5.74) is -1.00. The molecule has 2 aromatic heterocycles. The second kappa shape index (κ2) is 6.71. The molecule has 0 bridgehead atoms. The zero-order valence-electron chi connectivity index (χ0n) is 13.0. The van der Waals surface area contributed by atoms with Crippen molar-refractivity contribution >= 4 is 10.0 Å². The van der Waals surface area contributed by atoms with Crippen molar-refractivity contribution in [3.63, 3.8) is 0 Å². The number of hydrogen-bond donors (Lipinski definition) is 1. The third-order valence-electron chi connectivity index (χ3n) is 3.25. The summed E-state index contributed by atoms with van der Waals surface area (Å²) in [7, 11) is -4.14.